The average Bonchev–Trinajstić information content (AvgIpc) is 3.38. The summed E-state index contributed by atoms with van der Waals surface area (Å²) in [6, 6.07) is 12.1. The number of hydrogen-bond acceptors (Lipinski definition) is 6. The van der Waals surface area contributed by atoms with Crippen LogP contribution in [0.25, 0.3) is 5.57 Å². The number of pyridine rings is 1. The number of aromatic nitrogens is 1. The molecule has 44 heavy (non-hydrogen) atoms. The van der Waals surface area contributed by atoms with E-state index in [0.717, 1.165) is 31.2 Å². The number of nitrogens with one attached hydrogen (secondary N) is 1. The van der Waals surface area contributed by atoms with E-state index in [4.69, 9.17) is 9.47 Å². The van der Waals surface area contributed by atoms with Gasteiger partial charge in [-0.2, -0.15) is 0 Å². The highest BCUT2D eigenvalue weighted by Crippen LogP contribution is 2.66. The molecule has 2 saturated carbocycles. The first-order valence-electron chi connectivity index (χ1n) is 15.9. The second kappa shape index (κ2) is 12.2. The second-order valence-corrected chi connectivity index (χ2v) is 13.5. The van der Waals surface area contributed by atoms with Gasteiger partial charge in [0.1, 0.15) is 12.1 Å². The van der Waals surface area contributed by atoms with Gasteiger partial charge in [-0.25, -0.2) is 9.59 Å². The fraction of sp³-hybridized carbons (Fsp3) is 0.500. The molecule has 0 spiro atoms. The van der Waals surface area contributed by atoms with Crippen LogP contribution in [0.3, 0.4) is 0 Å². The van der Waals surface area contributed by atoms with Crippen molar-refractivity contribution in [3.63, 3.8) is 0 Å². The average molecular weight is 599 g/mol. The van der Waals surface area contributed by atoms with Crippen LogP contribution in [-0.4, -0.2) is 46.9 Å². The van der Waals surface area contributed by atoms with Crippen molar-refractivity contribution in [1.29, 1.82) is 0 Å². The zero-order valence-corrected chi connectivity index (χ0v) is 25.5. The van der Waals surface area contributed by atoms with Crippen LogP contribution >= 0.6 is 0 Å². The van der Waals surface area contributed by atoms with Crippen molar-refractivity contribution < 1.29 is 29.0 Å². The number of ether oxygens (including phenoxy) is 2. The Bertz CT molecular complexity index is 1460. The van der Waals surface area contributed by atoms with Gasteiger partial charge in [0.25, 0.3) is 5.91 Å². The highest BCUT2D eigenvalue weighted by molar-refractivity contribution is 5.85. The number of aliphatic carboxylic acids is 1. The molecule has 2 fully saturated rings. The lowest BCUT2D eigenvalue weighted by Crippen LogP contribution is -2.50. The van der Waals surface area contributed by atoms with E-state index in [1.807, 2.05) is 36.7 Å². The van der Waals surface area contributed by atoms with E-state index in [2.05, 4.69) is 42.4 Å². The molecule has 4 aliphatic rings. The summed E-state index contributed by atoms with van der Waals surface area (Å²) >= 11 is 0. The van der Waals surface area contributed by atoms with Gasteiger partial charge in [-0.05, 0) is 89.9 Å². The number of hydrogen-bond donors (Lipinski definition) is 2. The molecule has 4 aliphatic carbocycles. The summed E-state index contributed by atoms with van der Waals surface area (Å²) in [6.07, 6.45) is 14.6. The number of fused-ring (bicyclic) bond motifs is 5. The van der Waals surface area contributed by atoms with E-state index >= 15 is 0 Å². The Hall–Kier alpha value is -3.94. The van der Waals surface area contributed by atoms with Gasteiger partial charge in [-0.3, -0.25) is 9.78 Å². The van der Waals surface area contributed by atoms with Crippen LogP contribution in [0.5, 0.6) is 0 Å². The monoisotopic (exact) mass is 598 g/mol. The van der Waals surface area contributed by atoms with Gasteiger partial charge >= 0.3 is 12.1 Å². The van der Waals surface area contributed by atoms with Crippen LogP contribution in [0.15, 0.2) is 72.6 Å². The van der Waals surface area contributed by atoms with Crippen molar-refractivity contribution in [1.82, 2.24) is 10.3 Å². The number of carbonyl (C=O) groups is 3. The van der Waals surface area contributed by atoms with Gasteiger partial charge < -0.3 is 19.9 Å². The molecule has 0 saturated heterocycles. The molecule has 0 aliphatic heterocycles. The molecule has 0 radical (unpaired) electrons. The molecule has 8 nitrogen and oxygen atoms in total. The van der Waals surface area contributed by atoms with Gasteiger partial charge in [0.05, 0.1) is 0 Å². The van der Waals surface area contributed by atoms with E-state index < -0.39 is 30.7 Å². The summed E-state index contributed by atoms with van der Waals surface area (Å²) in [5.41, 5.74) is 5.15. The van der Waals surface area contributed by atoms with E-state index in [0.29, 0.717) is 24.2 Å². The standard InChI is InChI=1S/C36H42N2O6/c1-35-16-14-26(44-34(42)43-22-32(39)38-31(33(40)41)19-23-7-4-3-5-8-23)20-25(35)10-11-27-29-13-12-28(24-9-6-18-37-21-24)36(29,2)17-15-30(27)35/h3-10,12,18,21,26-27,29-31H,11,13-17,19-20,22H2,1-2H3,(H,38,39)(H,40,41)/t26-,27-,29-,30-,31-,35-,36+/m0/s1. The maximum absolute atomic E-state index is 12.5. The SMILES string of the molecule is C[C@]12CC[C@H](OC(=O)OCC(=O)N[C@@H](Cc3ccccc3)C(=O)O)CC1=CC[C@@H]1[C@@H]2CC[C@]2(C)C(c3cccnc3)=CC[C@@H]12. The molecule has 1 aromatic carbocycles. The maximum atomic E-state index is 12.5. The second-order valence-electron chi connectivity index (χ2n) is 13.5. The van der Waals surface area contributed by atoms with E-state index in [1.165, 1.54) is 29.6 Å². The first kappa shape index (κ1) is 30.1. The number of allylic oxidation sites excluding steroid dienone is 3. The van der Waals surface area contributed by atoms with E-state index in [9.17, 15) is 19.5 Å². The van der Waals surface area contributed by atoms with Crippen LogP contribution in [0.1, 0.15) is 69.9 Å². The lowest BCUT2D eigenvalue weighted by molar-refractivity contribution is -0.142. The van der Waals surface area contributed by atoms with Crippen LogP contribution < -0.4 is 5.32 Å². The molecular weight excluding hydrogens is 556 g/mol. The topological polar surface area (TPSA) is 115 Å². The van der Waals surface area contributed by atoms with Gasteiger partial charge in [0.15, 0.2) is 6.61 Å². The van der Waals surface area contributed by atoms with Crippen LogP contribution in [0, 0.1) is 28.6 Å². The Labute approximate surface area is 258 Å². The van der Waals surface area contributed by atoms with Gasteiger partial charge in [-0.1, -0.05) is 68.0 Å². The van der Waals surface area contributed by atoms with Crippen molar-refractivity contribution >= 4 is 23.6 Å². The minimum Gasteiger partial charge on any atom is -0.480 e. The van der Waals surface area contributed by atoms with E-state index in [1.54, 1.807) is 12.1 Å². The summed E-state index contributed by atoms with van der Waals surface area (Å²) < 4.78 is 10.7. The summed E-state index contributed by atoms with van der Waals surface area (Å²) in [6.45, 7) is 4.28. The molecule has 8 heteroatoms. The first-order chi connectivity index (χ1) is 21.2. The van der Waals surface area contributed by atoms with Gasteiger partial charge in [0.2, 0.25) is 0 Å². The molecule has 2 N–H and O–H groups in total. The normalized spacial score (nSPS) is 31.2. The summed E-state index contributed by atoms with van der Waals surface area (Å²) in [5, 5.41) is 12.0. The maximum Gasteiger partial charge on any atom is 0.509 e. The van der Waals surface area contributed by atoms with Crippen molar-refractivity contribution in [2.24, 2.45) is 28.6 Å². The lowest BCUT2D eigenvalue weighted by Gasteiger charge is -2.57. The number of rotatable bonds is 8. The molecule has 1 aromatic heterocycles. The Kier molecular flexibility index (Phi) is 8.36. The third kappa shape index (κ3) is 5.78. The van der Waals surface area contributed by atoms with Crippen LogP contribution in [-0.2, 0) is 25.5 Å². The predicted octanol–water partition coefficient (Wildman–Crippen LogP) is 6.37. The summed E-state index contributed by atoms with van der Waals surface area (Å²) in [7, 11) is 0. The Morgan fingerprint density at radius 1 is 1.00 bits per heavy atom. The molecule has 7 atom stereocenters. The number of carboxylic acid groups (broad SMARTS) is 1. The first-order valence-corrected chi connectivity index (χ1v) is 15.9. The lowest BCUT2D eigenvalue weighted by atomic mass is 9.47. The zero-order chi connectivity index (χ0) is 30.9. The highest BCUT2D eigenvalue weighted by Gasteiger charge is 2.57. The minimum atomic E-state index is -1.15. The smallest absolute Gasteiger partial charge is 0.480 e. The van der Waals surface area contributed by atoms with Crippen molar-refractivity contribution in [2.75, 3.05) is 6.61 Å². The number of carbonyl (C=O) groups excluding carboxylic acids is 2. The van der Waals surface area contributed by atoms with Crippen LogP contribution in [0.2, 0.25) is 0 Å². The zero-order valence-electron chi connectivity index (χ0n) is 25.5. The Morgan fingerprint density at radius 3 is 2.55 bits per heavy atom. The summed E-state index contributed by atoms with van der Waals surface area (Å²) in [4.78, 5) is 41.0. The molecule has 0 unspecified atom stereocenters. The molecule has 1 heterocycles. The molecule has 1 amide bonds. The van der Waals surface area contributed by atoms with Gasteiger partial charge in [-0.15, -0.1) is 0 Å². The molecule has 0 bridgehead atoms. The number of benzene rings is 1. The highest BCUT2D eigenvalue weighted by atomic mass is 16.7. The summed E-state index contributed by atoms with van der Waals surface area (Å²) in [5.74, 6) is 0.0236. The predicted molar refractivity (Wildman–Crippen MR) is 165 cm³/mol. The molecule has 6 rings (SSSR count). The van der Waals surface area contributed by atoms with Gasteiger partial charge in [0, 0.05) is 25.2 Å². The van der Waals surface area contributed by atoms with Crippen molar-refractivity contribution in [2.45, 2.75) is 77.4 Å². The third-order valence-corrected chi connectivity index (χ3v) is 11.1. The van der Waals surface area contributed by atoms with E-state index in [-0.39, 0.29) is 23.4 Å². The number of amides is 1. The quantitative estimate of drug-likeness (QED) is 0.268. The fourth-order valence-electron chi connectivity index (χ4n) is 8.85. The van der Waals surface area contributed by atoms with Crippen molar-refractivity contribution in [3.8, 4) is 0 Å². The molecular formula is C36H42N2O6. The number of nitrogens with zero attached hydrogens (tertiary/aromatic N) is 1. The Balaban J connectivity index is 1.02. The largest absolute Gasteiger partial charge is 0.509 e. The fourth-order valence-corrected chi connectivity index (χ4v) is 8.85. The third-order valence-electron chi connectivity index (χ3n) is 11.1. The minimum absolute atomic E-state index is 0.0928. The number of carboxylic acids is 1. The van der Waals surface area contributed by atoms with Crippen molar-refractivity contribution in [3.05, 3.63) is 83.7 Å². The Morgan fingerprint density at radius 2 is 1.80 bits per heavy atom. The molecule has 232 valence electrons. The molecule has 2 aromatic rings. The van der Waals surface area contributed by atoms with Crippen LogP contribution in [0.4, 0.5) is 4.79 Å².